The molecule has 1 saturated heterocycles. The maximum absolute atomic E-state index is 12.3. The highest BCUT2D eigenvalue weighted by molar-refractivity contribution is 5.79. The molecular formula is C20H30N2O2. The summed E-state index contributed by atoms with van der Waals surface area (Å²) in [6.07, 6.45) is 5.93. The monoisotopic (exact) mass is 330 g/mol. The van der Waals surface area contributed by atoms with Gasteiger partial charge in [-0.05, 0) is 56.7 Å². The Hall–Kier alpha value is -1.39. The minimum Gasteiger partial charge on any atom is -0.392 e. The Morgan fingerprint density at radius 1 is 1.17 bits per heavy atom. The first kappa shape index (κ1) is 17.4. The number of carbonyl (C=O) groups is 1. The van der Waals surface area contributed by atoms with E-state index in [2.05, 4.69) is 35.3 Å². The zero-order valence-electron chi connectivity index (χ0n) is 14.7. The van der Waals surface area contributed by atoms with Crippen molar-refractivity contribution in [1.82, 2.24) is 10.2 Å². The summed E-state index contributed by atoms with van der Waals surface area (Å²) >= 11 is 0. The van der Waals surface area contributed by atoms with Crippen LogP contribution < -0.4 is 5.32 Å². The van der Waals surface area contributed by atoms with Crippen LogP contribution in [-0.2, 0) is 17.9 Å². The van der Waals surface area contributed by atoms with Crippen LogP contribution >= 0.6 is 0 Å². The molecule has 3 unspecified atom stereocenters. The lowest BCUT2D eigenvalue weighted by molar-refractivity contribution is -0.127. The third-order valence-electron chi connectivity index (χ3n) is 5.70. The van der Waals surface area contributed by atoms with Gasteiger partial charge in [0.2, 0.25) is 5.91 Å². The minimum atomic E-state index is -0.463. The molecule has 2 fully saturated rings. The van der Waals surface area contributed by atoms with E-state index in [0.717, 1.165) is 32.4 Å². The number of aliphatic hydroxyl groups is 1. The van der Waals surface area contributed by atoms with Crippen molar-refractivity contribution in [1.29, 1.82) is 0 Å². The van der Waals surface area contributed by atoms with Gasteiger partial charge in [-0.25, -0.2) is 0 Å². The summed E-state index contributed by atoms with van der Waals surface area (Å²) in [5.74, 6) is -0.222. The van der Waals surface area contributed by atoms with Crippen LogP contribution in [0.3, 0.4) is 0 Å². The van der Waals surface area contributed by atoms with Gasteiger partial charge in [-0.2, -0.15) is 0 Å². The van der Waals surface area contributed by atoms with Crippen LogP contribution in [0.5, 0.6) is 0 Å². The highest BCUT2D eigenvalue weighted by atomic mass is 16.3. The maximum Gasteiger partial charge on any atom is 0.225 e. The van der Waals surface area contributed by atoms with Crippen molar-refractivity contribution in [3.8, 4) is 0 Å². The number of carbonyl (C=O) groups excluding carboxylic acids is 1. The number of hydrogen-bond acceptors (Lipinski definition) is 3. The van der Waals surface area contributed by atoms with Crippen molar-refractivity contribution in [3.05, 3.63) is 35.4 Å². The molecule has 4 nitrogen and oxygen atoms in total. The molecule has 132 valence electrons. The molecule has 1 aromatic carbocycles. The van der Waals surface area contributed by atoms with Gasteiger partial charge in [-0.1, -0.05) is 30.7 Å². The lowest BCUT2D eigenvalue weighted by atomic mass is 10.0. The van der Waals surface area contributed by atoms with E-state index in [1.54, 1.807) is 0 Å². The third kappa shape index (κ3) is 4.17. The number of rotatable bonds is 5. The Kier molecular flexibility index (Phi) is 5.90. The number of nitrogens with zero attached hydrogens (tertiary/aromatic N) is 1. The largest absolute Gasteiger partial charge is 0.392 e. The molecule has 4 heteroatoms. The van der Waals surface area contributed by atoms with Crippen LogP contribution in [0, 0.1) is 5.92 Å². The summed E-state index contributed by atoms with van der Waals surface area (Å²) < 4.78 is 0. The lowest BCUT2D eigenvalue weighted by Crippen LogP contribution is -2.37. The quantitative estimate of drug-likeness (QED) is 0.873. The van der Waals surface area contributed by atoms with Crippen LogP contribution in [0.15, 0.2) is 24.3 Å². The summed E-state index contributed by atoms with van der Waals surface area (Å²) in [5, 5.41) is 12.9. The van der Waals surface area contributed by atoms with Gasteiger partial charge in [0.1, 0.15) is 0 Å². The van der Waals surface area contributed by atoms with E-state index >= 15 is 0 Å². The van der Waals surface area contributed by atoms with E-state index in [-0.39, 0.29) is 11.8 Å². The second-order valence-electron chi connectivity index (χ2n) is 7.41. The molecule has 2 N–H and O–H groups in total. The molecule has 1 aromatic rings. The van der Waals surface area contributed by atoms with Crippen molar-refractivity contribution >= 4 is 5.91 Å². The topological polar surface area (TPSA) is 52.6 Å². The molecular weight excluding hydrogens is 300 g/mol. The molecule has 3 atom stereocenters. The fourth-order valence-corrected chi connectivity index (χ4v) is 4.06. The predicted molar refractivity (Wildman–Crippen MR) is 95.4 cm³/mol. The first-order valence-corrected chi connectivity index (χ1v) is 9.42. The Balaban J connectivity index is 1.60. The number of benzene rings is 1. The predicted octanol–water partition coefficient (Wildman–Crippen LogP) is 2.84. The summed E-state index contributed by atoms with van der Waals surface area (Å²) in [5.41, 5.74) is 2.50. The molecule has 1 aliphatic carbocycles. The first-order valence-electron chi connectivity index (χ1n) is 9.42. The highest BCUT2D eigenvalue weighted by Gasteiger charge is 2.31. The van der Waals surface area contributed by atoms with Gasteiger partial charge in [0.15, 0.2) is 0 Å². The van der Waals surface area contributed by atoms with Gasteiger partial charge in [0.05, 0.1) is 12.0 Å². The van der Waals surface area contributed by atoms with Crippen molar-refractivity contribution in [3.63, 3.8) is 0 Å². The van der Waals surface area contributed by atoms with Crippen molar-refractivity contribution < 1.29 is 9.90 Å². The molecule has 1 saturated carbocycles. The van der Waals surface area contributed by atoms with E-state index in [9.17, 15) is 9.90 Å². The number of aliphatic hydroxyl groups excluding tert-OH is 1. The standard InChI is InChI=1S/C20H30N2O2/c1-15-7-4-5-12-22(15)14-17-9-3-2-8-16(17)13-21-20(24)18-10-6-11-19(18)23/h2-3,8-9,15,18-19,23H,4-7,10-14H2,1H3,(H,21,24). The first-order chi connectivity index (χ1) is 11.6. The highest BCUT2D eigenvalue weighted by Crippen LogP contribution is 2.26. The van der Waals surface area contributed by atoms with Crippen LogP contribution in [0.2, 0.25) is 0 Å². The molecule has 0 radical (unpaired) electrons. The van der Waals surface area contributed by atoms with E-state index in [1.807, 2.05) is 6.07 Å². The molecule has 0 aromatic heterocycles. The summed E-state index contributed by atoms with van der Waals surface area (Å²) in [4.78, 5) is 14.8. The molecule has 0 spiro atoms. The van der Waals surface area contributed by atoms with Gasteiger partial charge >= 0.3 is 0 Å². The van der Waals surface area contributed by atoms with Gasteiger partial charge in [0.25, 0.3) is 0 Å². The van der Waals surface area contributed by atoms with Gasteiger partial charge in [-0.3, -0.25) is 9.69 Å². The van der Waals surface area contributed by atoms with Gasteiger partial charge in [0, 0.05) is 19.1 Å². The lowest BCUT2D eigenvalue weighted by Gasteiger charge is -2.33. The van der Waals surface area contributed by atoms with Gasteiger partial charge in [-0.15, -0.1) is 0 Å². The molecule has 1 amide bonds. The van der Waals surface area contributed by atoms with Crippen molar-refractivity contribution in [2.45, 2.75) is 70.7 Å². The van der Waals surface area contributed by atoms with Gasteiger partial charge < -0.3 is 10.4 Å². The van der Waals surface area contributed by atoms with Crippen LogP contribution in [0.1, 0.15) is 56.6 Å². The van der Waals surface area contributed by atoms with Crippen molar-refractivity contribution in [2.75, 3.05) is 6.54 Å². The fourth-order valence-electron chi connectivity index (χ4n) is 4.06. The zero-order valence-corrected chi connectivity index (χ0v) is 14.7. The Bertz CT molecular complexity index is 560. The Morgan fingerprint density at radius 3 is 2.67 bits per heavy atom. The molecule has 0 bridgehead atoms. The molecule has 2 aliphatic rings. The summed E-state index contributed by atoms with van der Waals surface area (Å²) in [6.45, 7) is 4.99. The number of nitrogens with one attached hydrogen (secondary N) is 1. The number of hydrogen-bond donors (Lipinski definition) is 2. The van der Waals surface area contributed by atoms with E-state index in [4.69, 9.17) is 0 Å². The van der Waals surface area contributed by atoms with Crippen LogP contribution in [-0.4, -0.2) is 34.6 Å². The smallest absolute Gasteiger partial charge is 0.225 e. The summed E-state index contributed by atoms with van der Waals surface area (Å²) in [7, 11) is 0. The number of likely N-dealkylation sites (tertiary alicyclic amines) is 1. The SMILES string of the molecule is CC1CCCCN1Cc1ccccc1CNC(=O)C1CCCC1O. The van der Waals surface area contributed by atoms with E-state index in [0.29, 0.717) is 12.6 Å². The molecule has 24 heavy (non-hydrogen) atoms. The number of piperidine rings is 1. The second kappa shape index (κ2) is 8.13. The van der Waals surface area contributed by atoms with E-state index in [1.165, 1.54) is 30.4 Å². The average Bonchev–Trinajstić information content (AvgIpc) is 3.02. The maximum atomic E-state index is 12.3. The second-order valence-corrected chi connectivity index (χ2v) is 7.41. The van der Waals surface area contributed by atoms with Crippen LogP contribution in [0.4, 0.5) is 0 Å². The molecule has 1 heterocycles. The summed E-state index contributed by atoms with van der Waals surface area (Å²) in [6, 6.07) is 9.03. The average molecular weight is 330 g/mol. The fraction of sp³-hybridized carbons (Fsp3) is 0.650. The van der Waals surface area contributed by atoms with Crippen LogP contribution in [0.25, 0.3) is 0 Å². The minimum absolute atomic E-state index is 0.00106. The normalized spacial score (nSPS) is 28.0. The molecule has 3 rings (SSSR count). The molecule has 1 aliphatic heterocycles. The zero-order chi connectivity index (χ0) is 16.9. The van der Waals surface area contributed by atoms with Crippen molar-refractivity contribution in [2.24, 2.45) is 5.92 Å². The number of amides is 1. The van der Waals surface area contributed by atoms with E-state index < -0.39 is 6.10 Å². The Morgan fingerprint density at radius 2 is 1.96 bits per heavy atom. The third-order valence-corrected chi connectivity index (χ3v) is 5.70. The Labute approximate surface area is 145 Å².